The highest BCUT2D eigenvalue weighted by atomic mass is 16.5. The lowest BCUT2D eigenvalue weighted by atomic mass is 9.94. The van der Waals surface area contributed by atoms with Crippen molar-refractivity contribution < 1.29 is 9.47 Å². The first-order valence-electron chi connectivity index (χ1n) is 7.44. The number of nitriles is 1. The van der Waals surface area contributed by atoms with Crippen LogP contribution in [-0.4, -0.2) is 38.0 Å². The maximum Gasteiger partial charge on any atom is 0.104 e. The third-order valence-electron chi connectivity index (χ3n) is 3.90. The second-order valence-electron chi connectivity index (χ2n) is 5.59. The largest absolute Gasteiger partial charge is 0.381 e. The minimum absolute atomic E-state index is 0.339. The number of nitrogens with zero attached hydrogens (tertiary/aromatic N) is 1. The predicted molar refractivity (Wildman–Crippen MR) is 75.9 cm³/mol. The van der Waals surface area contributed by atoms with E-state index in [1.807, 2.05) is 13.8 Å². The molecule has 4 heteroatoms. The molecule has 1 fully saturated rings. The minimum Gasteiger partial charge on any atom is -0.381 e. The van der Waals surface area contributed by atoms with Crippen LogP contribution in [0.2, 0.25) is 0 Å². The Morgan fingerprint density at radius 2 is 2.11 bits per heavy atom. The Bertz CT molecular complexity index is 290. The quantitative estimate of drug-likeness (QED) is 0.688. The second-order valence-corrected chi connectivity index (χ2v) is 5.59. The van der Waals surface area contributed by atoms with E-state index in [0.717, 1.165) is 45.3 Å². The van der Waals surface area contributed by atoms with Gasteiger partial charge in [0.05, 0.1) is 18.3 Å². The fourth-order valence-corrected chi connectivity index (χ4v) is 2.72. The van der Waals surface area contributed by atoms with Gasteiger partial charge in [-0.1, -0.05) is 6.92 Å². The summed E-state index contributed by atoms with van der Waals surface area (Å²) in [5.41, 5.74) is -0.417. The van der Waals surface area contributed by atoms with Crippen LogP contribution in [0.15, 0.2) is 0 Å². The zero-order valence-electron chi connectivity index (χ0n) is 12.6. The molecule has 0 spiro atoms. The van der Waals surface area contributed by atoms with Crippen LogP contribution in [0.3, 0.4) is 0 Å². The van der Waals surface area contributed by atoms with E-state index >= 15 is 0 Å². The molecule has 19 heavy (non-hydrogen) atoms. The van der Waals surface area contributed by atoms with Gasteiger partial charge in [-0.2, -0.15) is 5.26 Å². The fraction of sp³-hybridized carbons (Fsp3) is 0.933. The summed E-state index contributed by atoms with van der Waals surface area (Å²) in [6, 6.07) is 2.35. The third-order valence-corrected chi connectivity index (χ3v) is 3.90. The van der Waals surface area contributed by atoms with E-state index in [1.54, 1.807) is 7.11 Å². The Hall–Kier alpha value is -0.630. The van der Waals surface area contributed by atoms with Crippen LogP contribution in [0.4, 0.5) is 0 Å². The number of hydrogen-bond acceptors (Lipinski definition) is 4. The first kappa shape index (κ1) is 16.4. The van der Waals surface area contributed by atoms with Crippen molar-refractivity contribution in [1.82, 2.24) is 5.32 Å². The molecular weight excluding hydrogens is 240 g/mol. The molecule has 1 saturated carbocycles. The average molecular weight is 268 g/mol. The zero-order chi connectivity index (χ0) is 14.1. The highest BCUT2D eigenvalue weighted by molar-refractivity contribution is 5.03. The van der Waals surface area contributed by atoms with Crippen molar-refractivity contribution in [3.63, 3.8) is 0 Å². The Morgan fingerprint density at radius 1 is 1.37 bits per heavy atom. The molecule has 0 aromatic carbocycles. The molecular formula is C15H28N2O2. The maximum atomic E-state index is 9.16. The molecule has 0 saturated heterocycles. The molecule has 1 aliphatic rings. The first-order valence-corrected chi connectivity index (χ1v) is 7.44. The lowest BCUT2D eigenvalue weighted by molar-refractivity contribution is -0.0309. The van der Waals surface area contributed by atoms with Crippen molar-refractivity contribution in [3.05, 3.63) is 0 Å². The maximum absolute atomic E-state index is 9.16. The number of methoxy groups -OCH3 is 1. The molecule has 0 aromatic rings. The zero-order valence-corrected chi connectivity index (χ0v) is 12.6. The van der Waals surface area contributed by atoms with E-state index in [-0.39, 0.29) is 0 Å². The fourth-order valence-electron chi connectivity index (χ4n) is 2.72. The van der Waals surface area contributed by atoms with Crippen molar-refractivity contribution in [2.75, 3.05) is 20.3 Å². The van der Waals surface area contributed by atoms with E-state index in [2.05, 4.69) is 11.4 Å². The SMILES string of the molecule is CCNC(C)(C#N)CCCOC1CCCC(OC)C1. The van der Waals surface area contributed by atoms with Crippen LogP contribution in [0.25, 0.3) is 0 Å². The number of hydrogen-bond donors (Lipinski definition) is 1. The van der Waals surface area contributed by atoms with Crippen molar-refractivity contribution in [1.29, 1.82) is 5.26 Å². The Morgan fingerprint density at radius 3 is 2.74 bits per heavy atom. The van der Waals surface area contributed by atoms with Crippen LogP contribution in [0.5, 0.6) is 0 Å². The number of nitrogens with one attached hydrogen (secondary N) is 1. The normalized spacial score (nSPS) is 26.6. The summed E-state index contributed by atoms with van der Waals surface area (Å²) in [4.78, 5) is 0. The van der Waals surface area contributed by atoms with Gasteiger partial charge >= 0.3 is 0 Å². The van der Waals surface area contributed by atoms with Gasteiger partial charge in [0.25, 0.3) is 0 Å². The van der Waals surface area contributed by atoms with E-state index in [9.17, 15) is 0 Å². The van der Waals surface area contributed by atoms with Crippen LogP contribution < -0.4 is 5.32 Å². The van der Waals surface area contributed by atoms with Gasteiger partial charge in [-0.05, 0) is 52.0 Å². The molecule has 110 valence electrons. The lowest BCUT2D eigenvalue weighted by Crippen LogP contribution is -2.41. The van der Waals surface area contributed by atoms with Gasteiger partial charge in [0.2, 0.25) is 0 Å². The van der Waals surface area contributed by atoms with E-state index in [1.165, 1.54) is 6.42 Å². The van der Waals surface area contributed by atoms with Crippen LogP contribution in [0.1, 0.15) is 52.4 Å². The summed E-state index contributed by atoms with van der Waals surface area (Å²) in [5.74, 6) is 0. The van der Waals surface area contributed by atoms with Crippen LogP contribution in [-0.2, 0) is 9.47 Å². The smallest absolute Gasteiger partial charge is 0.104 e. The van der Waals surface area contributed by atoms with Crippen molar-refractivity contribution in [2.45, 2.75) is 70.1 Å². The standard InChI is InChI=1S/C15H28N2O2/c1-4-17-15(2,12-16)9-6-10-19-14-8-5-7-13(11-14)18-3/h13-14,17H,4-11H2,1-3H3. The van der Waals surface area contributed by atoms with Gasteiger partial charge < -0.3 is 9.47 Å². The average Bonchev–Trinajstić information content (AvgIpc) is 2.44. The van der Waals surface area contributed by atoms with Gasteiger partial charge in [0.1, 0.15) is 5.54 Å². The number of ether oxygens (including phenoxy) is 2. The molecule has 1 N–H and O–H groups in total. The Kier molecular flexibility index (Phi) is 7.37. The van der Waals surface area contributed by atoms with Gasteiger partial charge in [-0.3, -0.25) is 5.32 Å². The van der Waals surface area contributed by atoms with Gasteiger partial charge in [-0.25, -0.2) is 0 Å². The summed E-state index contributed by atoms with van der Waals surface area (Å²) in [6.45, 7) is 5.55. The molecule has 0 amide bonds. The summed E-state index contributed by atoms with van der Waals surface area (Å²) in [7, 11) is 1.78. The van der Waals surface area contributed by atoms with E-state index in [4.69, 9.17) is 14.7 Å². The van der Waals surface area contributed by atoms with Crippen LogP contribution in [0, 0.1) is 11.3 Å². The summed E-state index contributed by atoms with van der Waals surface area (Å²) in [5, 5.41) is 12.4. The molecule has 0 bridgehead atoms. The third kappa shape index (κ3) is 5.90. The molecule has 0 heterocycles. The van der Waals surface area contributed by atoms with Gasteiger partial charge in [0, 0.05) is 13.7 Å². The number of rotatable bonds is 8. The van der Waals surface area contributed by atoms with E-state index in [0.29, 0.717) is 12.2 Å². The van der Waals surface area contributed by atoms with E-state index < -0.39 is 5.54 Å². The topological polar surface area (TPSA) is 54.3 Å². The second kappa shape index (κ2) is 8.52. The highest BCUT2D eigenvalue weighted by Crippen LogP contribution is 2.23. The Labute approximate surface area is 117 Å². The monoisotopic (exact) mass is 268 g/mol. The molecule has 0 aliphatic heterocycles. The molecule has 3 atom stereocenters. The first-order chi connectivity index (χ1) is 9.13. The summed E-state index contributed by atoms with van der Waals surface area (Å²) < 4.78 is 11.3. The van der Waals surface area contributed by atoms with Gasteiger partial charge in [0.15, 0.2) is 0 Å². The van der Waals surface area contributed by atoms with Crippen molar-refractivity contribution in [2.24, 2.45) is 0 Å². The van der Waals surface area contributed by atoms with Crippen LogP contribution >= 0.6 is 0 Å². The molecule has 1 aliphatic carbocycles. The van der Waals surface area contributed by atoms with Crippen molar-refractivity contribution in [3.8, 4) is 6.07 Å². The minimum atomic E-state index is -0.417. The molecule has 3 unspecified atom stereocenters. The summed E-state index contributed by atoms with van der Waals surface area (Å²) in [6.07, 6.45) is 6.96. The Balaban J connectivity index is 2.18. The van der Waals surface area contributed by atoms with Crippen molar-refractivity contribution >= 4 is 0 Å². The predicted octanol–water partition coefficient (Wildman–Crippen LogP) is 2.63. The molecule has 1 rings (SSSR count). The molecule has 4 nitrogen and oxygen atoms in total. The molecule has 0 aromatic heterocycles. The highest BCUT2D eigenvalue weighted by Gasteiger charge is 2.24. The van der Waals surface area contributed by atoms with Gasteiger partial charge in [-0.15, -0.1) is 0 Å². The summed E-state index contributed by atoms with van der Waals surface area (Å²) >= 11 is 0. The lowest BCUT2D eigenvalue weighted by Gasteiger charge is -2.28. The molecule has 0 radical (unpaired) electrons.